The topological polar surface area (TPSA) is 35.6 Å². The molecule has 1 aliphatic heterocycles. The summed E-state index contributed by atoms with van der Waals surface area (Å²) >= 11 is 6.09. The lowest BCUT2D eigenvalue weighted by atomic mass is 10.1. The highest BCUT2D eigenvalue weighted by Crippen LogP contribution is 2.21. The van der Waals surface area contributed by atoms with E-state index in [2.05, 4.69) is 15.1 Å². The molecule has 1 heterocycles. The average Bonchev–Trinajstić information content (AvgIpc) is 3.34. The molecule has 0 bridgehead atoms. The van der Waals surface area contributed by atoms with Gasteiger partial charge in [-0.05, 0) is 37.5 Å². The number of carbonyl (C=O) groups is 1. The van der Waals surface area contributed by atoms with Crippen molar-refractivity contribution in [1.29, 1.82) is 0 Å². The fraction of sp³-hybridized carbons (Fsp3) is 0.588. The van der Waals surface area contributed by atoms with Crippen molar-refractivity contribution >= 4 is 17.5 Å². The van der Waals surface area contributed by atoms with Crippen LogP contribution in [0.4, 0.5) is 4.39 Å². The first kappa shape index (κ1) is 16.7. The number of piperazine rings is 1. The molecule has 6 heteroatoms. The molecule has 1 aromatic rings. The standard InChI is InChI=1S/C17H23ClFN3O/c1-12(17(23)20-15-4-5-15)22-8-6-21(7-9-22)11-13-2-3-14(19)10-16(13)18/h2-3,10,12,15H,4-9,11H2,1H3,(H,20,23)/t12-/m0/s1. The summed E-state index contributed by atoms with van der Waals surface area (Å²) in [5.74, 6) is -0.165. The van der Waals surface area contributed by atoms with Crippen LogP contribution in [0.2, 0.25) is 5.02 Å². The maximum atomic E-state index is 13.1. The molecule has 4 nitrogen and oxygen atoms in total. The van der Waals surface area contributed by atoms with Crippen LogP contribution in [0, 0.1) is 5.82 Å². The first-order chi connectivity index (χ1) is 11.0. The molecule has 2 aliphatic rings. The second kappa shape index (κ2) is 7.16. The molecule has 0 spiro atoms. The van der Waals surface area contributed by atoms with E-state index in [1.165, 1.54) is 12.1 Å². The van der Waals surface area contributed by atoms with Gasteiger partial charge in [0.25, 0.3) is 0 Å². The molecule has 1 N–H and O–H groups in total. The van der Waals surface area contributed by atoms with Gasteiger partial charge >= 0.3 is 0 Å². The Morgan fingerprint density at radius 1 is 1.35 bits per heavy atom. The summed E-state index contributed by atoms with van der Waals surface area (Å²) in [6.07, 6.45) is 2.23. The molecule has 0 aromatic heterocycles. The Labute approximate surface area is 141 Å². The summed E-state index contributed by atoms with van der Waals surface area (Å²) in [4.78, 5) is 16.6. The Kier molecular flexibility index (Phi) is 5.19. The van der Waals surface area contributed by atoms with Gasteiger partial charge in [0.15, 0.2) is 0 Å². The van der Waals surface area contributed by atoms with Crippen LogP contribution in [-0.4, -0.2) is 54.0 Å². The SMILES string of the molecule is C[C@@H](C(=O)NC1CC1)N1CCN(Cc2ccc(F)cc2Cl)CC1. The largest absolute Gasteiger partial charge is 0.352 e. The van der Waals surface area contributed by atoms with Gasteiger partial charge in [-0.15, -0.1) is 0 Å². The fourth-order valence-electron chi connectivity index (χ4n) is 2.91. The van der Waals surface area contributed by atoms with Gasteiger partial charge in [-0.2, -0.15) is 0 Å². The molecule has 1 saturated carbocycles. The van der Waals surface area contributed by atoms with Gasteiger partial charge in [-0.25, -0.2) is 4.39 Å². The average molecular weight is 340 g/mol. The molecule has 1 aromatic carbocycles. The molecule has 1 aliphatic carbocycles. The van der Waals surface area contributed by atoms with Crippen molar-refractivity contribution in [3.8, 4) is 0 Å². The quantitative estimate of drug-likeness (QED) is 0.894. The molecule has 1 atom stereocenters. The Morgan fingerprint density at radius 2 is 2.04 bits per heavy atom. The van der Waals surface area contributed by atoms with E-state index in [4.69, 9.17) is 11.6 Å². The van der Waals surface area contributed by atoms with E-state index in [1.54, 1.807) is 6.07 Å². The summed E-state index contributed by atoms with van der Waals surface area (Å²) in [5, 5.41) is 3.54. The number of hydrogen-bond acceptors (Lipinski definition) is 3. The monoisotopic (exact) mass is 339 g/mol. The van der Waals surface area contributed by atoms with E-state index in [9.17, 15) is 9.18 Å². The fourth-order valence-corrected chi connectivity index (χ4v) is 3.14. The first-order valence-electron chi connectivity index (χ1n) is 8.23. The van der Waals surface area contributed by atoms with Gasteiger partial charge in [0, 0.05) is 43.8 Å². The maximum absolute atomic E-state index is 13.1. The Hall–Kier alpha value is -1.17. The number of nitrogens with zero attached hydrogens (tertiary/aromatic N) is 2. The summed E-state index contributed by atoms with van der Waals surface area (Å²) in [6.45, 7) is 6.18. The summed E-state index contributed by atoms with van der Waals surface area (Å²) in [6, 6.07) is 4.88. The predicted molar refractivity (Wildman–Crippen MR) is 88.9 cm³/mol. The maximum Gasteiger partial charge on any atom is 0.237 e. The Bertz CT molecular complexity index is 571. The van der Waals surface area contributed by atoms with Gasteiger partial charge in [0.05, 0.1) is 6.04 Å². The molecule has 3 rings (SSSR count). The molecule has 23 heavy (non-hydrogen) atoms. The van der Waals surface area contributed by atoms with Crippen LogP contribution in [-0.2, 0) is 11.3 Å². The van der Waals surface area contributed by atoms with Crippen LogP contribution >= 0.6 is 11.6 Å². The number of amides is 1. The van der Waals surface area contributed by atoms with Gasteiger partial charge in [0.1, 0.15) is 5.82 Å². The zero-order chi connectivity index (χ0) is 16.4. The summed E-state index contributed by atoms with van der Waals surface area (Å²) in [5.41, 5.74) is 0.945. The second-order valence-electron chi connectivity index (χ2n) is 6.51. The third kappa shape index (κ3) is 4.43. The number of rotatable bonds is 5. The van der Waals surface area contributed by atoms with Crippen molar-refractivity contribution in [2.24, 2.45) is 0 Å². The molecule has 1 saturated heterocycles. The zero-order valence-corrected chi connectivity index (χ0v) is 14.2. The summed E-state index contributed by atoms with van der Waals surface area (Å²) < 4.78 is 13.1. The minimum absolute atomic E-state index is 0.0767. The Morgan fingerprint density at radius 3 is 2.65 bits per heavy atom. The van der Waals surface area contributed by atoms with E-state index in [1.807, 2.05) is 6.92 Å². The van der Waals surface area contributed by atoms with Crippen molar-refractivity contribution in [3.05, 3.63) is 34.6 Å². The Balaban J connectivity index is 1.48. The van der Waals surface area contributed by atoms with Crippen LogP contribution in [0.15, 0.2) is 18.2 Å². The van der Waals surface area contributed by atoms with Crippen molar-refractivity contribution in [1.82, 2.24) is 15.1 Å². The van der Waals surface area contributed by atoms with Crippen LogP contribution in [0.5, 0.6) is 0 Å². The van der Waals surface area contributed by atoms with Gasteiger partial charge in [-0.1, -0.05) is 17.7 Å². The van der Waals surface area contributed by atoms with Crippen LogP contribution in [0.25, 0.3) is 0 Å². The van der Waals surface area contributed by atoms with Crippen LogP contribution < -0.4 is 5.32 Å². The third-order valence-electron chi connectivity index (χ3n) is 4.67. The number of carbonyl (C=O) groups excluding carboxylic acids is 1. The molecule has 0 unspecified atom stereocenters. The normalized spacial score (nSPS) is 21.2. The minimum atomic E-state index is -0.306. The number of halogens is 2. The van der Waals surface area contributed by atoms with Gasteiger partial charge < -0.3 is 5.32 Å². The lowest BCUT2D eigenvalue weighted by molar-refractivity contribution is -0.126. The first-order valence-corrected chi connectivity index (χ1v) is 8.61. The minimum Gasteiger partial charge on any atom is -0.352 e. The lowest BCUT2D eigenvalue weighted by Crippen LogP contribution is -2.53. The van der Waals surface area contributed by atoms with Gasteiger partial charge in [0.2, 0.25) is 5.91 Å². The van der Waals surface area contributed by atoms with E-state index in [0.29, 0.717) is 11.1 Å². The van der Waals surface area contributed by atoms with Crippen molar-refractivity contribution in [3.63, 3.8) is 0 Å². The van der Waals surface area contributed by atoms with E-state index in [-0.39, 0.29) is 17.8 Å². The predicted octanol–water partition coefficient (Wildman–Crippen LogP) is 2.26. The molecule has 0 radical (unpaired) electrons. The highest BCUT2D eigenvalue weighted by molar-refractivity contribution is 6.31. The van der Waals surface area contributed by atoms with E-state index >= 15 is 0 Å². The van der Waals surface area contributed by atoms with Crippen molar-refractivity contribution < 1.29 is 9.18 Å². The van der Waals surface area contributed by atoms with Crippen LogP contribution in [0.3, 0.4) is 0 Å². The van der Waals surface area contributed by atoms with E-state index < -0.39 is 0 Å². The smallest absolute Gasteiger partial charge is 0.237 e. The molecular weight excluding hydrogens is 317 g/mol. The molecule has 2 fully saturated rings. The van der Waals surface area contributed by atoms with E-state index in [0.717, 1.165) is 51.1 Å². The highest BCUT2D eigenvalue weighted by atomic mass is 35.5. The third-order valence-corrected chi connectivity index (χ3v) is 5.02. The molecule has 1 amide bonds. The lowest BCUT2D eigenvalue weighted by Gasteiger charge is -2.37. The number of nitrogens with one attached hydrogen (secondary N) is 1. The molecule has 126 valence electrons. The molecular formula is C17H23ClFN3O. The van der Waals surface area contributed by atoms with Crippen LogP contribution in [0.1, 0.15) is 25.3 Å². The number of hydrogen-bond donors (Lipinski definition) is 1. The summed E-state index contributed by atoms with van der Waals surface area (Å²) in [7, 11) is 0. The highest BCUT2D eigenvalue weighted by Gasteiger charge is 2.30. The van der Waals surface area contributed by atoms with Crippen molar-refractivity contribution in [2.75, 3.05) is 26.2 Å². The van der Waals surface area contributed by atoms with Crippen molar-refractivity contribution in [2.45, 2.75) is 38.4 Å². The van der Waals surface area contributed by atoms with Gasteiger partial charge in [-0.3, -0.25) is 14.6 Å². The second-order valence-corrected chi connectivity index (χ2v) is 6.91. The number of benzene rings is 1. The zero-order valence-electron chi connectivity index (χ0n) is 13.4.